The number of carbonyl (C=O) groups is 1. The average Bonchev–Trinajstić information content (AvgIpc) is 1.94. The van der Waals surface area contributed by atoms with Gasteiger partial charge in [0.2, 0.25) is 0 Å². The number of hydrogen-bond donors (Lipinski definition) is 2. The molecule has 13 heavy (non-hydrogen) atoms. The van der Waals surface area contributed by atoms with Crippen molar-refractivity contribution in [2.75, 3.05) is 6.61 Å². The molecular weight excluding hydrogens is 168 g/mol. The van der Waals surface area contributed by atoms with E-state index >= 15 is 0 Å². The summed E-state index contributed by atoms with van der Waals surface area (Å²) in [6.45, 7) is 3.47. The fraction of sp³-hybridized carbons (Fsp3) is 0.900. The Kier molecular flexibility index (Phi) is 5.91. The molecule has 3 nitrogen and oxygen atoms in total. The highest BCUT2D eigenvalue weighted by atomic mass is 16.3. The molecule has 0 amide bonds. The molecule has 0 atom stereocenters. The normalized spacial score (nSPS) is 11.7. The molecule has 0 aromatic heterocycles. The van der Waals surface area contributed by atoms with Gasteiger partial charge in [-0.05, 0) is 26.7 Å². The van der Waals surface area contributed by atoms with Crippen LogP contribution in [0.2, 0.25) is 0 Å². The topological polar surface area (TPSA) is 57.5 Å². The van der Waals surface area contributed by atoms with Crippen molar-refractivity contribution in [3.8, 4) is 0 Å². The third-order valence-electron chi connectivity index (χ3n) is 1.74. The maximum absolute atomic E-state index is 11.2. The van der Waals surface area contributed by atoms with Crippen molar-refractivity contribution in [3.05, 3.63) is 0 Å². The summed E-state index contributed by atoms with van der Waals surface area (Å²) in [6, 6.07) is 0. The highest BCUT2D eigenvalue weighted by Crippen LogP contribution is 2.11. The molecule has 0 fully saturated rings. The van der Waals surface area contributed by atoms with E-state index in [-0.39, 0.29) is 18.8 Å². The van der Waals surface area contributed by atoms with Crippen molar-refractivity contribution < 1.29 is 15.0 Å². The molecule has 0 saturated heterocycles. The highest BCUT2D eigenvalue weighted by Gasteiger charge is 2.17. The number of Topliss-reactive ketones (excluding diaryl/α,β-unsaturated/α-hetero) is 1. The first-order valence-electron chi connectivity index (χ1n) is 4.80. The van der Waals surface area contributed by atoms with Gasteiger partial charge in [-0.1, -0.05) is 6.42 Å². The Morgan fingerprint density at radius 3 is 2.31 bits per heavy atom. The van der Waals surface area contributed by atoms with Gasteiger partial charge in [-0.3, -0.25) is 4.79 Å². The van der Waals surface area contributed by atoms with E-state index in [0.717, 1.165) is 19.3 Å². The summed E-state index contributed by atoms with van der Waals surface area (Å²) in [6.07, 6.45) is 3.20. The van der Waals surface area contributed by atoms with Crippen molar-refractivity contribution in [3.63, 3.8) is 0 Å². The molecule has 2 N–H and O–H groups in total. The van der Waals surface area contributed by atoms with Gasteiger partial charge in [-0.25, -0.2) is 0 Å². The first kappa shape index (κ1) is 12.6. The maximum Gasteiger partial charge on any atom is 0.135 e. The molecule has 0 aliphatic rings. The predicted molar refractivity (Wildman–Crippen MR) is 51.5 cm³/mol. The second kappa shape index (κ2) is 6.11. The van der Waals surface area contributed by atoms with Crippen LogP contribution in [0.4, 0.5) is 0 Å². The summed E-state index contributed by atoms with van der Waals surface area (Å²) in [4.78, 5) is 11.2. The zero-order chi connectivity index (χ0) is 10.3. The Balaban J connectivity index is 3.41. The number of carbonyl (C=O) groups excluding carboxylic acids is 1. The smallest absolute Gasteiger partial charge is 0.135 e. The Hall–Kier alpha value is -0.410. The lowest BCUT2D eigenvalue weighted by molar-refractivity contribution is -0.122. The standard InChI is InChI=1S/C10H20O3/c1-10(2,13)8-9(12)6-4-3-5-7-11/h11,13H,3-8H2,1-2H3. The van der Waals surface area contributed by atoms with Crippen LogP contribution in [0.5, 0.6) is 0 Å². The molecule has 0 aromatic rings. The molecular formula is C10H20O3. The van der Waals surface area contributed by atoms with E-state index in [9.17, 15) is 9.90 Å². The minimum Gasteiger partial charge on any atom is -0.396 e. The summed E-state index contributed by atoms with van der Waals surface area (Å²) in [5, 5.41) is 17.8. The van der Waals surface area contributed by atoms with Crippen LogP contribution in [0.25, 0.3) is 0 Å². The van der Waals surface area contributed by atoms with E-state index in [1.54, 1.807) is 13.8 Å². The second-order valence-electron chi connectivity index (χ2n) is 4.06. The molecule has 0 aliphatic carbocycles. The quantitative estimate of drug-likeness (QED) is 0.591. The third-order valence-corrected chi connectivity index (χ3v) is 1.74. The number of rotatable bonds is 7. The first-order chi connectivity index (χ1) is 5.95. The van der Waals surface area contributed by atoms with Gasteiger partial charge in [-0.2, -0.15) is 0 Å². The lowest BCUT2D eigenvalue weighted by atomic mass is 9.99. The molecule has 0 heterocycles. The molecule has 0 unspecified atom stereocenters. The van der Waals surface area contributed by atoms with Crippen molar-refractivity contribution in [2.45, 2.75) is 51.6 Å². The molecule has 3 heteroatoms. The average molecular weight is 188 g/mol. The lowest BCUT2D eigenvalue weighted by Gasteiger charge is -2.15. The van der Waals surface area contributed by atoms with Gasteiger partial charge in [-0.15, -0.1) is 0 Å². The van der Waals surface area contributed by atoms with Gasteiger partial charge >= 0.3 is 0 Å². The lowest BCUT2D eigenvalue weighted by Crippen LogP contribution is -2.23. The van der Waals surface area contributed by atoms with Gasteiger partial charge in [0.1, 0.15) is 5.78 Å². The molecule has 0 aliphatic heterocycles. The number of aliphatic hydroxyl groups excluding tert-OH is 1. The largest absolute Gasteiger partial charge is 0.396 e. The van der Waals surface area contributed by atoms with Crippen LogP contribution in [0.3, 0.4) is 0 Å². The summed E-state index contributed by atoms with van der Waals surface area (Å²) >= 11 is 0. The molecule has 0 saturated carbocycles. The SMILES string of the molecule is CC(C)(O)CC(=O)CCCCCO. The van der Waals surface area contributed by atoms with Crippen LogP contribution in [-0.4, -0.2) is 28.2 Å². The summed E-state index contributed by atoms with van der Waals surface area (Å²) in [5.74, 6) is 0.102. The minimum absolute atomic E-state index is 0.102. The van der Waals surface area contributed by atoms with Crippen LogP contribution in [0, 0.1) is 0 Å². The van der Waals surface area contributed by atoms with Gasteiger partial charge < -0.3 is 10.2 Å². The van der Waals surface area contributed by atoms with E-state index in [1.807, 2.05) is 0 Å². The van der Waals surface area contributed by atoms with Crippen molar-refractivity contribution in [1.29, 1.82) is 0 Å². The molecule has 78 valence electrons. The Labute approximate surface area is 79.8 Å². The van der Waals surface area contributed by atoms with Crippen LogP contribution in [-0.2, 0) is 4.79 Å². The van der Waals surface area contributed by atoms with Gasteiger partial charge in [0.05, 0.1) is 5.60 Å². The van der Waals surface area contributed by atoms with Gasteiger partial charge in [0, 0.05) is 19.4 Å². The van der Waals surface area contributed by atoms with Gasteiger partial charge in [0.25, 0.3) is 0 Å². The van der Waals surface area contributed by atoms with Crippen LogP contribution in [0.1, 0.15) is 46.0 Å². The fourth-order valence-corrected chi connectivity index (χ4v) is 1.18. The van der Waals surface area contributed by atoms with Crippen molar-refractivity contribution in [2.24, 2.45) is 0 Å². The van der Waals surface area contributed by atoms with Crippen LogP contribution in [0.15, 0.2) is 0 Å². The number of aliphatic hydroxyl groups is 2. The number of hydrogen-bond acceptors (Lipinski definition) is 3. The highest BCUT2D eigenvalue weighted by molar-refractivity contribution is 5.79. The van der Waals surface area contributed by atoms with E-state index in [0.29, 0.717) is 6.42 Å². The van der Waals surface area contributed by atoms with Crippen molar-refractivity contribution in [1.82, 2.24) is 0 Å². The summed E-state index contributed by atoms with van der Waals surface area (Å²) in [7, 11) is 0. The fourth-order valence-electron chi connectivity index (χ4n) is 1.18. The van der Waals surface area contributed by atoms with E-state index in [1.165, 1.54) is 0 Å². The predicted octanol–water partition coefficient (Wildman–Crippen LogP) is 1.27. The van der Waals surface area contributed by atoms with Gasteiger partial charge in [0.15, 0.2) is 0 Å². The molecule has 0 radical (unpaired) electrons. The molecule has 0 aromatic carbocycles. The maximum atomic E-state index is 11.2. The summed E-state index contributed by atoms with van der Waals surface area (Å²) in [5.41, 5.74) is -0.881. The summed E-state index contributed by atoms with van der Waals surface area (Å²) < 4.78 is 0. The minimum atomic E-state index is -0.881. The zero-order valence-electron chi connectivity index (χ0n) is 8.55. The number of ketones is 1. The first-order valence-corrected chi connectivity index (χ1v) is 4.80. The second-order valence-corrected chi connectivity index (χ2v) is 4.06. The van der Waals surface area contributed by atoms with Crippen molar-refractivity contribution >= 4 is 5.78 Å². The van der Waals surface area contributed by atoms with Crippen LogP contribution < -0.4 is 0 Å². The third kappa shape index (κ3) is 9.50. The number of unbranched alkanes of at least 4 members (excludes halogenated alkanes) is 2. The Morgan fingerprint density at radius 2 is 1.85 bits per heavy atom. The van der Waals surface area contributed by atoms with E-state index < -0.39 is 5.60 Å². The van der Waals surface area contributed by atoms with Crippen LogP contribution >= 0.6 is 0 Å². The molecule has 0 rings (SSSR count). The monoisotopic (exact) mass is 188 g/mol. The molecule has 0 bridgehead atoms. The molecule has 0 spiro atoms. The Bertz CT molecular complexity index is 147. The van der Waals surface area contributed by atoms with E-state index in [2.05, 4.69) is 0 Å². The van der Waals surface area contributed by atoms with E-state index in [4.69, 9.17) is 5.11 Å². The zero-order valence-corrected chi connectivity index (χ0v) is 8.55. The Morgan fingerprint density at radius 1 is 1.23 bits per heavy atom.